The fourth-order valence-electron chi connectivity index (χ4n) is 4.01. The molecule has 112 valence electrons. The molecule has 0 unspecified atom stereocenters. The van der Waals surface area contributed by atoms with Gasteiger partial charge in [-0.25, -0.2) is 0 Å². The van der Waals surface area contributed by atoms with Gasteiger partial charge in [0.2, 0.25) is 0 Å². The highest BCUT2D eigenvalue weighted by Crippen LogP contribution is 2.37. The Labute approximate surface area is 119 Å². The zero-order valence-electron chi connectivity index (χ0n) is 13.2. The van der Waals surface area contributed by atoms with Gasteiger partial charge in [0, 0.05) is 18.1 Å². The predicted molar refractivity (Wildman–Crippen MR) is 82.3 cm³/mol. The van der Waals surface area contributed by atoms with Crippen molar-refractivity contribution in [2.75, 3.05) is 33.2 Å². The van der Waals surface area contributed by atoms with Gasteiger partial charge in [-0.3, -0.25) is 4.90 Å². The summed E-state index contributed by atoms with van der Waals surface area (Å²) >= 11 is 0. The topological polar surface area (TPSA) is 32.5 Å². The molecular formula is C16H33N3. The molecule has 0 spiro atoms. The Morgan fingerprint density at radius 2 is 1.74 bits per heavy atom. The van der Waals surface area contributed by atoms with Gasteiger partial charge in [-0.15, -0.1) is 0 Å². The van der Waals surface area contributed by atoms with E-state index in [0.29, 0.717) is 5.54 Å². The first kappa shape index (κ1) is 15.3. The number of likely N-dealkylation sites (tertiary alicyclic amines) is 1. The van der Waals surface area contributed by atoms with Crippen molar-refractivity contribution in [1.82, 2.24) is 9.80 Å². The summed E-state index contributed by atoms with van der Waals surface area (Å²) in [6.45, 7) is 9.24. The Hall–Kier alpha value is -0.120. The number of piperidine rings is 1. The van der Waals surface area contributed by atoms with Crippen molar-refractivity contribution in [3.63, 3.8) is 0 Å². The van der Waals surface area contributed by atoms with Crippen LogP contribution < -0.4 is 5.73 Å². The van der Waals surface area contributed by atoms with E-state index in [1.165, 1.54) is 58.2 Å². The van der Waals surface area contributed by atoms with E-state index in [1.54, 1.807) is 0 Å². The van der Waals surface area contributed by atoms with Crippen molar-refractivity contribution in [2.24, 2.45) is 11.7 Å². The van der Waals surface area contributed by atoms with Crippen molar-refractivity contribution >= 4 is 0 Å². The predicted octanol–water partition coefficient (Wildman–Crippen LogP) is 2.31. The summed E-state index contributed by atoms with van der Waals surface area (Å²) < 4.78 is 0. The Balaban J connectivity index is 1.95. The lowest BCUT2D eigenvalue weighted by molar-refractivity contribution is 0.00801. The Kier molecular flexibility index (Phi) is 5.27. The summed E-state index contributed by atoms with van der Waals surface area (Å²) in [7, 11) is 2.34. The maximum atomic E-state index is 6.19. The van der Waals surface area contributed by atoms with E-state index in [0.717, 1.165) is 18.5 Å². The number of nitrogens with zero attached hydrogens (tertiary/aromatic N) is 2. The van der Waals surface area contributed by atoms with E-state index >= 15 is 0 Å². The van der Waals surface area contributed by atoms with Crippen molar-refractivity contribution in [1.29, 1.82) is 0 Å². The van der Waals surface area contributed by atoms with Gasteiger partial charge in [0.25, 0.3) is 0 Å². The first-order valence-electron chi connectivity index (χ1n) is 8.26. The molecule has 1 aliphatic carbocycles. The maximum absolute atomic E-state index is 6.19. The minimum Gasteiger partial charge on any atom is -0.329 e. The van der Waals surface area contributed by atoms with Crippen molar-refractivity contribution in [3.8, 4) is 0 Å². The van der Waals surface area contributed by atoms with E-state index in [-0.39, 0.29) is 0 Å². The second kappa shape index (κ2) is 6.55. The molecule has 0 amide bonds. The van der Waals surface area contributed by atoms with Crippen LogP contribution in [0.3, 0.4) is 0 Å². The number of hydrogen-bond acceptors (Lipinski definition) is 3. The average molecular weight is 267 g/mol. The summed E-state index contributed by atoms with van der Waals surface area (Å²) in [5.41, 5.74) is 6.49. The number of rotatable bonds is 4. The molecule has 0 radical (unpaired) electrons. The molecule has 0 aromatic carbocycles. The highest BCUT2D eigenvalue weighted by atomic mass is 15.2. The molecule has 0 aromatic rings. The highest BCUT2D eigenvalue weighted by Gasteiger charge is 2.40. The van der Waals surface area contributed by atoms with Gasteiger partial charge in [-0.05, 0) is 71.1 Å². The van der Waals surface area contributed by atoms with Crippen LogP contribution in [0.1, 0.15) is 52.4 Å². The molecule has 3 nitrogen and oxygen atoms in total. The molecule has 0 atom stereocenters. The van der Waals surface area contributed by atoms with E-state index < -0.39 is 0 Å². The normalized spacial score (nSPS) is 34.9. The van der Waals surface area contributed by atoms with Crippen LogP contribution in [0.15, 0.2) is 0 Å². The van der Waals surface area contributed by atoms with Crippen LogP contribution in [0.2, 0.25) is 0 Å². The zero-order chi connectivity index (χ0) is 13.9. The van der Waals surface area contributed by atoms with Gasteiger partial charge in [0.05, 0.1) is 0 Å². The summed E-state index contributed by atoms with van der Waals surface area (Å²) in [6.07, 6.45) is 7.96. The van der Waals surface area contributed by atoms with Crippen LogP contribution in [0, 0.1) is 5.92 Å². The molecule has 19 heavy (non-hydrogen) atoms. The van der Waals surface area contributed by atoms with E-state index in [4.69, 9.17) is 5.73 Å². The van der Waals surface area contributed by atoms with Crippen LogP contribution in [0.5, 0.6) is 0 Å². The molecule has 0 bridgehead atoms. The van der Waals surface area contributed by atoms with Crippen LogP contribution in [0.25, 0.3) is 0 Å². The molecule has 2 N–H and O–H groups in total. The van der Waals surface area contributed by atoms with Crippen LogP contribution in [0.4, 0.5) is 0 Å². The zero-order valence-corrected chi connectivity index (χ0v) is 13.2. The third-order valence-electron chi connectivity index (χ3n) is 5.89. The van der Waals surface area contributed by atoms with Gasteiger partial charge in [-0.2, -0.15) is 0 Å². The molecule has 2 fully saturated rings. The minimum absolute atomic E-state index is 0.297. The summed E-state index contributed by atoms with van der Waals surface area (Å²) in [5.74, 6) is 0.898. The maximum Gasteiger partial charge on any atom is 0.0331 e. The highest BCUT2D eigenvalue weighted by molar-refractivity contribution is 4.97. The van der Waals surface area contributed by atoms with Crippen molar-refractivity contribution in [3.05, 3.63) is 0 Å². The Bertz CT molecular complexity index is 263. The van der Waals surface area contributed by atoms with E-state index in [2.05, 4.69) is 30.7 Å². The number of likely N-dealkylation sites (N-methyl/N-ethyl adjacent to an activating group) is 1. The van der Waals surface area contributed by atoms with Crippen LogP contribution >= 0.6 is 0 Å². The molecule has 3 heteroatoms. The van der Waals surface area contributed by atoms with Gasteiger partial charge < -0.3 is 10.6 Å². The molecule has 1 saturated carbocycles. The summed E-state index contributed by atoms with van der Waals surface area (Å²) in [4.78, 5) is 5.24. The first-order valence-corrected chi connectivity index (χ1v) is 8.26. The fraction of sp³-hybridized carbons (Fsp3) is 1.00. The molecule has 1 aliphatic heterocycles. The van der Waals surface area contributed by atoms with Crippen LogP contribution in [-0.4, -0.2) is 54.6 Å². The largest absolute Gasteiger partial charge is 0.329 e. The third kappa shape index (κ3) is 3.32. The lowest BCUT2D eigenvalue weighted by Crippen LogP contribution is -2.59. The first-order chi connectivity index (χ1) is 9.11. The second-order valence-corrected chi connectivity index (χ2v) is 6.89. The molecule has 1 heterocycles. The van der Waals surface area contributed by atoms with Gasteiger partial charge in [0.15, 0.2) is 0 Å². The minimum atomic E-state index is 0.297. The average Bonchev–Trinajstić information content (AvgIpc) is 2.48. The van der Waals surface area contributed by atoms with Gasteiger partial charge >= 0.3 is 0 Å². The molecule has 1 saturated heterocycles. The Morgan fingerprint density at radius 1 is 1.16 bits per heavy atom. The van der Waals surface area contributed by atoms with Gasteiger partial charge in [-0.1, -0.05) is 13.8 Å². The smallest absolute Gasteiger partial charge is 0.0331 e. The molecule has 2 rings (SSSR count). The number of hydrogen-bond donors (Lipinski definition) is 1. The number of nitrogens with two attached hydrogens (primary N) is 1. The quantitative estimate of drug-likeness (QED) is 0.848. The lowest BCUT2D eigenvalue weighted by atomic mass is 9.75. The lowest BCUT2D eigenvalue weighted by Gasteiger charge is -2.50. The summed E-state index contributed by atoms with van der Waals surface area (Å²) in [6, 6.07) is 0.750. The van der Waals surface area contributed by atoms with E-state index in [9.17, 15) is 0 Å². The molecule has 0 aromatic heterocycles. The van der Waals surface area contributed by atoms with E-state index in [1.807, 2.05) is 0 Å². The monoisotopic (exact) mass is 267 g/mol. The SMILES string of the molecule is CCN1CCC(N(C)C2(CN)CCC(C)CC2)CC1. The third-order valence-corrected chi connectivity index (χ3v) is 5.89. The molecule has 2 aliphatic rings. The second-order valence-electron chi connectivity index (χ2n) is 6.89. The summed E-state index contributed by atoms with van der Waals surface area (Å²) in [5, 5.41) is 0. The fourth-order valence-corrected chi connectivity index (χ4v) is 4.01. The van der Waals surface area contributed by atoms with Gasteiger partial charge in [0.1, 0.15) is 0 Å². The molecular weight excluding hydrogens is 234 g/mol. The van der Waals surface area contributed by atoms with Crippen LogP contribution in [-0.2, 0) is 0 Å². The van der Waals surface area contributed by atoms with Crippen molar-refractivity contribution < 1.29 is 0 Å². The standard InChI is InChI=1S/C16H33N3/c1-4-19-11-7-15(8-12-19)18(3)16(13-17)9-5-14(2)6-10-16/h14-15H,4-13,17H2,1-3H3. The Morgan fingerprint density at radius 3 is 2.21 bits per heavy atom. The van der Waals surface area contributed by atoms with Crippen molar-refractivity contribution in [2.45, 2.75) is 64.0 Å².